The highest BCUT2D eigenvalue weighted by Gasteiger charge is 2.14. The Morgan fingerprint density at radius 2 is 2.05 bits per heavy atom. The van der Waals surface area contributed by atoms with Gasteiger partial charge in [-0.05, 0) is 23.9 Å². The van der Waals surface area contributed by atoms with Crippen molar-refractivity contribution < 1.29 is 0 Å². The lowest BCUT2D eigenvalue weighted by Gasteiger charge is -2.18. The zero-order chi connectivity index (χ0) is 14.7. The maximum Gasteiger partial charge on any atom is 0.0673 e. The maximum absolute atomic E-state index is 4.22. The van der Waals surface area contributed by atoms with Gasteiger partial charge in [0.25, 0.3) is 0 Å². The molecule has 0 saturated carbocycles. The molecule has 1 atom stereocenters. The van der Waals surface area contributed by atoms with E-state index in [2.05, 4.69) is 59.1 Å². The summed E-state index contributed by atoms with van der Waals surface area (Å²) in [7, 11) is 1.94. The summed E-state index contributed by atoms with van der Waals surface area (Å²) in [6.07, 6.45) is 3.96. The van der Waals surface area contributed by atoms with Crippen molar-refractivity contribution in [2.75, 3.05) is 0 Å². The summed E-state index contributed by atoms with van der Waals surface area (Å²) in [4.78, 5) is 1.34. The van der Waals surface area contributed by atoms with Crippen LogP contribution in [0.5, 0.6) is 0 Å². The molecule has 0 aliphatic rings. The average Bonchev–Trinajstić information content (AvgIpc) is 3.13. The minimum atomic E-state index is 0.228. The van der Waals surface area contributed by atoms with Gasteiger partial charge in [0.1, 0.15) is 0 Å². The maximum atomic E-state index is 4.22. The minimum absolute atomic E-state index is 0.228. The fourth-order valence-corrected chi connectivity index (χ4v) is 3.21. The molecule has 21 heavy (non-hydrogen) atoms. The second-order valence-electron chi connectivity index (χ2n) is 5.26. The van der Waals surface area contributed by atoms with E-state index in [9.17, 15) is 0 Å². The van der Waals surface area contributed by atoms with Gasteiger partial charge in [0.05, 0.1) is 12.2 Å². The number of aromatic nitrogens is 2. The molecule has 0 amide bonds. The van der Waals surface area contributed by atoms with Crippen molar-refractivity contribution in [3.63, 3.8) is 0 Å². The van der Waals surface area contributed by atoms with Crippen LogP contribution in [0.2, 0.25) is 0 Å². The smallest absolute Gasteiger partial charge is 0.0673 e. The van der Waals surface area contributed by atoms with Crippen molar-refractivity contribution in [1.29, 1.82) is 0 Å². The lowest BCUT2D eigenvalue weighted by atomic mass is 10.0. The van der Waals surface area contributed by atoms with E-state index in [0.29, 0.717) is 0 Å². The van der Waals surface area contributed by atoms with Gasteiger partial charge in [0.2, 0.25) is 0 Å². The predicted octanol–water partition coefficient (Wildman–Crippen LogP) is 3.67. The van der Waals surface area contributed by atoms with E-state index >= 15 is 0 Å². The van der Waals surface area contributed by atoms with Crippen LogP contribution < -0.4 is 5.32 Å². The minimum Gasteiger partial charge on any atom is -0.301 e. The first-order chi connectivity index (χ1) is 10.2. The fraction of sp³-hybridized carbons (Fsp3) is 0.235. The van der Waals surface area contributed by atoms with Crippen molar-refractivity contribution in [3.8, 4) is 0 Å². The molecule has 2 aromatic heterocycles. The number of hydrogen-bond donors (Lipinski definition) is 1. The summed E-state index contributed by atoms with van der Waals surface area (Å²) in [5, 5.41) is 9.99. The van der Waals surface area contributed by atoms with Gasteiger partial charge >= 0.3 is 0 Å². The van der Waals surface area contributed by atoms with Gasteiger partial charge < -0.3 is 5.32 Å². The molecule has 0 unspecified atom stereocenters. The molecule has 2 heterocycles. The van der Waals surface area contributed by atoms with E-state index in [1.807, 2.05) is 24.1 Å². The number of nitrogens with zero attached hydrogens (tertiary/aromatic N) is 2. The third kappa shape index (κ3) is 3.40. The Morgan fingerprint density at radius 3 is 2.67 bits per heavy atom. The number of nitrogens with one attached hydrogen (secondary N) is 1. The van der Waals surface area contributed by atoms with E-state index in [0.717, 1.165) is 6.54 Å². The normalized spacial score (nSPS) is 12.5. The Kier molecular flexibility index (Phi) is 4.18. The zero-order valence-corrected chi connectivity index (χ0v) is 13.1. The molecule has 0 fully saturated rings. The van der Waals surface area contributed by atoms with Crippen LogP contribution in [-0.4, -0.2) is 9.78 Å². The molecule has 3 aromatic rings. The van der Waals surface area contributed by atoms with E-state index in [1.54, 1.807) is 11.3 Å². The van der Waals surface area contributed by atoms with Crippen LogP contribution in [0.25, 0.3) is 0 Å². The van der Waals surface area contributed by atoms with Crippen LogP contribution in [0, 0.1) is 6.92 Å². The van der Waals surface area contributed by atoms with Gasteiger partial charge in [-0.2, -0.15) is 5.10 Å². The standard InChI is InChI=1S/C17H19N3S/c1-13-5-7-15(8-6-13)17(16-4-3-9-21-16)18-10-14-11-19-20(2)12-14/h3-9,11-12,17-18H,10H2,1-2H3/t17-/m0/s1. The Hall–Kier alpha value is -1.91. The van der Waals surface area contributed by atoms with Gasteiger partial charge in [0, 0.05) is 30.2 Å². The second-order valence-corrected chi connectivity index (χ2v) is 6.24. The zero-order valence-electron chi connectivity index (χ0n) is 12.3. The van der Waals surface area contributed by atoms with Crippen LogP contribution in [-0.2, 0) is 13.6 Å². The highest BCUT2D eigenvalue weighted by molar-refractivity contribution is 7.10. The lowest BCUT2D eigenvalue weighted by Crippen LogP contribution is -2.21. The van der Waals surface area contributed by atoms with E-state index < -0.39 is 0 Å². The summed E-state index contributed by atoms with van der Waals surface area (Å²) >= 11 is 1.79. The van der Waals surface area contributed by atoms with Crippen molar-refractivity contribution in [2.45, 2.75) is 19.5 Å². The van der Waals surface area contributed by atoms with Gasteiger partial charge in [-0.15, -0.1) is 11.3 Å². The molecule has 0 aliphatic heterocycles. The molecule has 0 saturated heterocycles. The van der Waals surface area contributed by atoms with Crippen molar-refractivity contribution >= 4 is 11.3 Å². The summed E-state index contributed by atoms with van der Waals surface area (Å²) in [5.41, 5.74) is 3.79. The molecular formula is C17H19N3S. The van der Waals surface area contributed by atoms with Gasteiger partial charge in [-0.3, -0.25) is 4.68 Å². The van der Waals surface area contributed by atoms with Crippen LogP contribution in [0.4, 0.5) is 0 Å². The van der Waals surface area contributed by atoms with E-state index in [-0.39, 0.29) is 6.04 Å². The van der Waals surface area contributed by atoms with Crippen LogP contribution in [0.15, 0.2) is 54.2 Å². The molecule has 108 valence electrons. The van der Waals surface area contributed by atoms with Crippen LogP contribution in [0.3, 0.4) is 0 Å². The molecule has 1 aromatic carbocycles. The molecule has 0 aliphatic carbocycles. The quantitative estimate of drug-likeness (QED) is 0.778. The van der Waals surface area contributed by atoms with Gasteiger partial charge in [0.15, 0.2) is 0 Å². The Balaban J connectivity index is 1.81. The third-order valence-electron chi connectivity index (χ3n) is 3.51. The molecule has 0 radical (unpaired) electrons. The van der Waals surface area contributed by atoms with Crippen LogP contribution in [0.1, 0.15) is 27.6 Å². The second kappa shape index (κ2) is 6.24. The summed E-state index contributed by atoms with van der Waals surface area (Å²) in [6, 6.07) is 13.3. The molecule has 0 spiro atoms. The number of aryl methyl sites for hydroxylation is 2. The summed E-state index contributed by atoms with van der Waals surface area (Å²) in [5.74, 6) is 0. The number of hydrogen-bond acceptors (Lipinski definition) is 3. The first-order valence-corrected chi connectivity index (χ1v) is 7.91. The highest BCUT2D eigenvalue weighted by Crippen LogP contribution is 2.26. The topological polar surface area (TPSA) is 29.9 Å². The molecule has 0 bridgehead atoms. The number of rotatable bonds is 5. The number of benzene rings is 1. The number of thiophene rings is 1. The Morgan fingerprint density at radius 1 is 1.24 bits per heavy atom. The van der Waals surface area contributed by atoms with Crippen LogP contribution >= 0.6 is 11.3 Å². The largest absolute Gasteiger partial charge is 0.301 e. The first kappa shape index (κ1) is 14.0. The fourth-order valence-electron chi connectivity index (χ4n) is 2.38. The Labute approximate surface area is 129 Å². The van der Waals surface area contributed by atoms with Crippen molar-refractivity contribution in [3.05, 3.63) is 75.7 Å². The van der Waals surface area contributed by atoms with Crippen molar-refractivity contribution in [2.24, 2.45) is 7.05 Å². The first-order valence-electron chi connectivity index (χ1n) is 7.03. The molecule has 1 N–H and O–H groups in total. The predicted molar refractivity (Wildman–Crippen MR) is 87.4 cm³/mol. The molecule has 3 nitrogen and oxygen atoms in total. The molecule has 3 rings (SSSR count). The molecular weight excluding hydrogens is 278 g/mol. The monoisotopic (exact) mass is 297 g/mol. The van der Waals surface area contributed by atoms with Gasteiger partial charge in [-0.25, -0.2) is 0 Å². The summed E-state index contributed by atoms with van der Waals surface area (Å²) < 4.78 is 1.84. The van der Waals surface area contributed by atoms with Gasteiger partial charge in [-0.1, -0.05) is 35.9 Å². The average molecular weight is 297 g/mol. The SMILES string of the molecule is Cc1ccc([C@H](NCc2cnn(C)c2)c2cccs2)cc1. The van der Waals surface area contributed by atoms with E-state index in [4.69, 9.17) is 0 Å². The molecule has 4 heteroatoms. The summed E-state index contributed by atoms with van der Waals surface area (Å²) in [6.45, 7) is 2.93. The highest BCUT2D eigenvalue weighted by atomic mass is 32.1. The Bertz CT molecular complexity index is 683. The lowest BCUT2D eigenvalue weighted by molar-refractivity contribution is 0.612. The van der Waals surface area contributed by atoms with Crippen molar-refractivity contribution in [1.82, 2.24) is 15.1 Å². The van der Waals surface area contributed by atoms with E-state index in [1.165, 1.54) is 21.6 Å². The third-order valence-corrected chi connectivity index (χ3v) is 4.44.